The Balaban J connectivity index is 1.54. The third-order valence-electron chi connectivity index (χ3n) is 4.12. The second kappa shape index (κ2) is 6.68. The van der Waals surface area contributed by atoms with E-state index in [1.54, 1.807) is 0 Å². The van der Waals surface area contributed by atoms with Crippen LogP contribution in [0.1, 0.15) is 25.7 Å². The van der Waals surface area contributed by atoms with Crippen molar-refractivity contribution in [1.29, 1.82) is 0 Å². The Morgan fingerprint density at radius 2 is 1.83 bits per heavy atom. The SMILES string of the molecule is O=C(CC1NC(=O)NC1=O)Nc1ccc(N2CCCCC2)cc1. The van der Waals surface area contributed by atoms with Crippen LogP contribution in [-0.2, 0) is 9.59 Å². The van der Waals surface area contributed by atoms with Gasteiger partial charge < -0.3 is 15.5 Å². The Morgan fingerprint density at radius 1 is 1.13 bits per heavy atom. The highest BCUT2D eigenvalue weighted by atomic mass is 16.2. The van der Waals surface area contributed by atoms with Gasteiger partial charge in [-0.3, -0.25) is 14.9 Å². The van der Waals surface area contributed by atoms with Crippen molar-refractivity contribution in [2.45, 2.75) is 31.7 Å². The van der Waals surface area contributed by atoms with Crippen molar-refractivity contribution in [3.63, 3.8) is 0 Å². The Morgan fingerprint density at radius 3 is 2.43 bits per heavy atom. The van der Waals surface area contributed by atoms with E-state index in [1.807, 2.05) is 24.3 Å². The van der Waals surface area contributed by atoms with Gasteiger partial charge in [0.1, 0.15) is 6.04 Å². The standard InChI is InChI=1S/C16H20N4O3/c21-14(10-13-15(22)19-16(23)18-13)17-11-4-6-12(7-5-11)20-8-2-1-3-9-20/h4-7,13H,1-3,8-10H2,(H,17,21)(H2,18,19,22,23). The van der Waals surface area contributed by atoms with E-state index in [9.17, 15) is 14.4 Å². The van der Waals surface area contributed by atoms with Crippen LogP contribution in [0.25, 0.3) is 0 Å². The fourth-order valence-corrected chi connectivity index (χ4v) is 2.91. The molecule has 2 saturated heterocycles. The summed E-state index contributed by atoms with van der Waals surface area (Å²) in [6, 6.07) is 6.34. The molecule has 1 unspecified atom stereocenters. The summed E-state index contributed by atoms with van der Waals surface area (Å²) in [6.07, 6.45) is 3.64. The molecule has 2 fully saturated rings. The number of anilines is 2. The predicted octanol–water partition coefficient (Wildman–Crippen LogP) is 1.21. The number of amides is 4. The number of piperidine rings is 1. The van der Waals surface area contributed by atoms with Gasteiger partial charge in [-0.2, -0.15) is 0 Å². The van der Waals surface area contributed by atoms with E-state index in [1.165, 1.54) is 19.3 Å². The first-order chi connectivity index (χ1) is 11.1. The molecule has 7 nitrogen and oxygen atoms in total. The van der Waals surface area contributed by atoms with Gasteiger partial charge >= 0.3 is 6.03 Å². The first kappa shape index (κ1) is 15.3. The van der Waals surface area contributed by atoms with Crippen molar-refractivity contribution in [2.24, 2.45) is 0 Å². The van der Waals surface area contributed by atoms with Gasteiger partial charge in [-0.05, 0) is 43.5 Å². The van der Waals surface area contributed by atoms with Crippen LogP contribution in [0.2, 0.25) is 0 Å². The molecule has 0 bridgehead atoms. The average Bonchev–Trinajstić information content (AvgIpc) is 2.86. The highest BCUT2D eigenvalue weighted by Crippen LogP contribution is 2.21. The average molecular weight is 316 g/mol. The van der Waals surface area contributed by atoms with E-state index in [0.717, 1.165) is 18.8 Å². The molecule has 3 rings (SSSR count). The summed E-state index contributed by atoms with van der Waals surface area (Å²) in [6.45, 7) is 2.14. The number of hydrogen-bond acceptors (Lipinski definition) is 4. The molecule has 2 aliphatic rings. The molecule has 1 aromatic rings. The zero-order valence-electron chi connectivity index (χ0n) is 12.8. The van der Waals surface area contributed by atoms with Crippen LogP contribution in [0.4, 0.5) is 16.2 Å². The van der Waals surface area contributed by atoms with Crippen LogP contribution < -0.4 is 20.9 Å². The van der Waals surface area contributed by atoms with Crippen molar-refractivity contribution in [3.8, 4) is 0 Å². The molecule has 23 heavy (non-hydrogen) atoms. The second-order valence-corrected chi connectivity index (χ2v) is 5.86. The summed E-state index contributed by atoms with van der Waals surface area (Å²) < 4.78 is 0. The summed E-state index contributed by atoms with van der Waals surface area (Å²) in [7, 11) is 0. The number of nitrogens with one attached hydrogen (secondary N) is 3. The van der Waals surface area contributed by atoms with E-state index in [2.05, 4.69) is 20.9 Å². The molecule has 0 spiro atoms. The molecule has 7 heteroatoms. The number of imide groups is 1. The van der Waals surface area contributed by atoms with Gasteiger partial charge in [0.15, 0.2) is 0 Å². The van der Waals surface area contributed by atoms with E-state index < -0.39 is 18.0 Å². The van der Waals surface area contributed by atoms with Gasteiger partial charge in [0, 0.05) is 24.5 Å². The lowest BCUT2D eigenvalue weighted by Gasteiger charge is -2.28. The Hall–Kier alpha value is -2.57. The highest BCUT2D eigenvalue weighted by molar-refractivity contribution is 6.06. The predicted molar refractivity (Wildman–Crippen MR) is 86.2 cm³/mol. The van der Waals surface area contributed by atoms with Crippen molar-refractivity contribution in [2.75, 3.05) is 23.3 Å². The maximum atomic E-state index is 12.0. The van der Waals surface area contributed by atoms with Gasteiger partial charge in [0.2, 0.25) is 5.91 Å². The summed E-state index contributed by atoms with van der Waals surface area (Å²) in [4.78, 5) is 36.7. The second-order valence-electron chi connectivity index (χ2n) is 5.86. The van der Waals surface area contributed by atoms with Crippen LogP contribution in [0.15, 0.2) is 24.3 Å². The third kappa shape index (κ3) is 3.80. The zero-order valence-corrected chi connectivity index (χ0v) is 12.8. The van der Waals surface area contributed by atoms with E-state index in [0.29, 0.717) is 5.69 Å². The van der Waals surface area contributed by atoms with E-state index >= 15 is 0 Å². The number of nitrogens with zero attached hydrogens (tertiary/aromatic N) is 1. The molecule has 4 amide bonds. The number of urea groups is 1. The smallest absolute Gasteiger partial charge is 0.322 e. The van der Waals surface area contributed by atoms with E-state index in [-0.39, 0.29) is 12.3 Å². The summed E-state index contributed by atoms with van der Waals surface area (Å²) >= 11 is 0. The number of rotatable bonds is 4. The van der Waals surface area contributed by atoms with E-state index in [4.69, 9.17) is 0 Å². The molecule has 0 radical (unpaired) electrons. The van der Waals surface area contributed by atoms with Gasteiger partial charge in [-0.15, -0.1) is 0 Å². The lowest BCUT2D eigenvalue weighted by atomic mass is 10.1. The highest BCUT2D eigenvalue weighted by Gasteiger charge is 2.31. The van der Waals surface area contributed by atoms with Crippen LogP contribution in [0.5, 0.6) is 0 Å². The molecule has 1 atom stereocenters. The number of carbonyl (C=O) groups is 3. The molecule has 2 heterocycles. The number of hydrogen-bond donors (Lipinski definition) is 3. The lowest BCUT2D eigenvalue weighted by molar-refractivity contribution is -0.124. The Bertz CT molecular complexity index is 608. The maximum absolute atomic E-state index is 12.0. The monoisotopic (exact) mass is 316 g/mol. The normalized spacial score (nSPS) is 20.9. The van der Waals surface area contributed by atoms with Crippen molar-refractivity contribution < 1.29 is 14.4 Å². The summed E-state index contributed by atoms with van der Waals surface area (Å²) in [5, 5.41) is 7.26. The maximum Gasteiger partial charge on any atom is 0.322 e. The first-order valence-corrected chi connectivity index (χ1v) is 7.88. The fraction of sp³-hybridized carbons (Fsp3) is 0.438. The zero-order chi connectivity index (χ0) is 16.2. The Labute approximate surface area is 134 Å². The van der Waals surface area contributed by atoms with Crippen LogP contribution >= 0.6 is 0 Å². The first-order valence-electron chi connectivity index (χ1n) is 7.88. The number of benzene rings is 1. The molecular weight excluding hydrogens is 296 g/mol. The van der Waals surface area contributed by atoms with Crippen LogP contribution in [0, 0.1) is 0 Å². The minimum atomic E-state index is -0.796. The quantitative estimate of drug-likeness (QED) is 0.728. The van der Waals surface area contributed by atoms with Gasteiger partial charge in [-0.1, -0.05) is 0 Å². The molecule has 3 N–H and O–H groups in total. The topological polar surface area (TPSA) is 90.5 Å². The minimum absolute atomic E-state index is 0.0779. The summed E-state index contributed by atoms with van der Waals surface area (Å²) in [5.74, 6) is -0.774. The van der Waals surface area contributed by atoms with Crippen molar-refractivity contribution >= 4 is 29.2 Å². The van der Waals surface area contributed by atoms with Gasteiger partial charge in [-0.25, -0.2) is 4.79 Å². The molecule has 0 aliphatic carbocycles. The molecule has 122 valence electrons. The third-order valence-corrected chi connectivity index (χ3v) is 4.12. The fourth-order valence-electron chi connectivity index (χ4n) is 2.91. The minimum Gasteiger partial charge on any atom is -0.372 e. The molecule has 0 saturated carbocycles. The molecule has 1 aromatic carbocycles. The van der Waals surface area contributed by atoms with Crippen LogP contribution in [0.3, 0.4) is 0 Å². The largest absolute Gasteiger partial charge is 0.372 e. The Kier molecular flexibility index (Phi) is 4.45. The van der Waals surface area contributed by atoms with Gasteiger partial charge in [0.25, 0.3) is 5.91 Å². The molecule has 2 aliphatic heterocycles. The van der Waals surface area contributed by atoms with Crippen molar-refractivity contribution in [1.82, 2.24) is 10.6 Å². The number of carbonyl (C=O) groups excluding carboxylic acids is 3. The summed E-state index contributed by atoms with van der Waals surface area (Å²) in [5.41, 5.74) is 1.84. The lowest BCUT2D eigenvalue weighted by Crippen LogP contribution is -2.33. The molecular formula is C16H20N4O3. The van der Waals surface area contributed by atoms with Crippen molar-refractivity contribution in [3.05, 3.63) is 24.3 Å². The van der Waals surface area contributed by atoms with Gasteiger partial charge in [0.05, 0.1) is 6.42 Å². The molecule has 0 aromatic heterocycles. The van der Waals surface area contributed by atoms with Crippen LogP contribution in [-0.4, -0.2) is 37.0 Å².